The molecule has 5 nitrogen and oxygen atoms in total. The van der Waals surface area contributed by atoms with Crippen molar-refractivity contribution in [2.24, 2.45) is 0 Å². The van der Waals surface area contributed by atoms with Gasteiger partial charge < -0.3 is 10.5 Å². The lowest BCUT2D eigenvalue weighted by atomic mass is 9.94. The number of rotatable bonds is 6. The highest BCUT2D eigenvalue weighted by molar-refractivity contribution is 7.90. The summed E-state index contributed by atoms with van der Waals surface area (Å²) in [6.45, 7) is 1.92. The number of hydrogen-bond donors (Lipinski definition) is 1. The van der Waals surface area contributed by atoms with E-state index in [1.165, 1.54) is 12.3 Å². The summed E-state index contributed by atoms with van der Waals surface area (Å²) in [4.78, 5) is 4.09. The molecular formula is C21H25FN2O3S. The van der Waals surface area contributed by atoms with Crippen LogP contribution in [0.4, 0.5) is 10.2 Å². The van der Waals surface area contributed by atoms with E-state index in [2.05, 4.69) is 4.98 Å². The van der Waals surface area contributed by atoms with Crippen molar-refractivity contribution in [3.05, 3.63) is 59.5 Å². The molecule has 7 heteroatoms. The van der Waals surface area contributed by atoms with Gasteiger partial charge in [0.1, 0.15) is 17.2 Å². The molecule has 0 amide bonds. The molecule has 1 saturated carbocycles. The number of nitrogen functional groups attached to an aromatic ring is 1. The molecule has 1 atom stereocenters. The van der Waals surface area contributed by atoms with Gasteiger partial charge in [0.25, 0.3) is 0 Å². The molecule has 1 aliphatic rings. The van der Waals surface area contributed by atoms with Gasteiger partial charge in [0.05, 0.1) is 17.2 Å². The van der Waals surface area contributed by atoms with Gasteiger partial charge in [-0.15, -0.1) is 0 Å². The van der Waals surface area contributed by atoms with Crippen LogP contribution >= 0.6 is 0 Å². The summed E-state index contributed by atoms with van der Waals surface area (Å²) in [6, 6.07) is 7.98. The molecule has 0 saturated heterocycles. The van der Waals surface area contributed by atoms with E-state index in [0.29, 0.717) is 5.56 Å². The number of halogens is 1. The number of aromatic nitrogens is 1. The quantitative estimate of drug-likeness (QED) is 0.784. The third-order valence-corrected chi connectivity index (χ3v) is 6.19. The van der Waals surface area contributed by atoms with Crippen molar-refractivity contribution in [3.63, 3.8) is 0 Å². The summed E-state index contributed by atoms with van der Waals surface area (Å²) in [6.07, 6.45) is 10.1. The molecule has 0 aliphatic heterocycles. The largest absolute Gasteiger partial charge is 0.383 e. The molecule has 1 fully saturated rings. The molecule has 0 radical (unpaired) electrons. The van der Waals surface area contributed by atoms with Crippen LogP contribution in [0.5, 0.6) is 0 Å². The van der Waals surface area contributed by atoms with E-state index >= 15 is 0 Å². The van der Waals surface area contributed by atoms with E-state index in [-0.39, 0.29) is 16.8 Å². The zero-order valence-electron chi connectivity index (χ0n) is 16.1. The fraction of sp³-hybridized carbons (Fsp3) is 0.381. The van der Waals surface area contributed by atoms with Crippen LogP contribution in [-0.2, 0) is 20.2 Å². The number of ether oxygens (including phenoxy) is 1. The number of anilines is 1. The van der Waals surface area contributed by atoms with Crippen molar-refractivity contribution in [1.29, 1.82) is 0 Å². The Balaban J connectivity index is 1.97. The maximum Gasteiger partial charge on any atom is 0.175 e. The van der Waals surface area contributed by atoms with Gasteiger partial charge in [-0.25, -0.2) is 17.8 Å². The topological polar surface area (TPSA) is 82.3 Å². The highest BCUT2D eigenvalue weighted by Crippen LogP contribution is 2.35. The van der Waals surface area contributed by atoms with Gasteiger partial charge in [0.15, 0.2) is 9.84 Å². The molecule has 0 bridgehead atoms. The summed E-state index contributed by atoms with van der Waals surface area (Å²) in [5, 5.41) is 0. The van der Waals surface area contributed by atoms with Crippen LogP contribution in [0.1, 0.15) is 43.7 Å². The van der Waals surface area contributed by atoms with E-state index in [1.807, 2.05) is 13.0 Å². The minimum Gasteiger partial charge on any atom is -0.383 e. The molecule has 0 spiro atoms. The van der Waals surface area contributed by atoms with Crippen molar-refractivity contribution in [2.45, 2.75) is 49.2 Å². The van der Waals surface area contributed by atoms with Crippen molar-refractivity contribution >= 4 is 21.7 Å². The lowest BCUT2D eigenvalue weighted by Gasteiger charge is -2.31. The second-order valence-electron chi connectivity index (χ2n) is 7.39. The molecule has 1 heterocycles. The zero-order valence-corrected chi connectivity index (χ0v) is 16.9. The van der Waals surface area contributed by atoms with Gasteiger partial charge >= 0.3 is 0 Å². The highest BCUT2D eigenvalue weighted by atomic mass is 32.2. The van der Waals surface area contributed by atoms with E-state index in [1.54, 1.807) is 30.3 Å². The van der Waals surface area contributed by atoms with Crippen LogP contribution in [0.2, 0.25) is 0 Å². The average Bonchev–Trinajstić information content (AvgIpc) is 3.14. The van der Waals surface area contributed by atoms with Gasteiger partial charge in [-0.05, 0) is 49.6 Å². The Hall–Kier alpha value is -2.25. The average molecular weight is 405 g/mol. The first-order valence-electron chi connectivity index (χ1n) is 9.26. The summed E-state index contributed by atoms with van der Waals surface area (Å²) in [5.74, 6) is -0.238. The summed E-state index contributed by atoms with van der Waals surface area (Å²) in [7, 11) is -3.28. The van der Waals surface area contributed by atoms with Crippen LogP contribution in [0, 0.1) is 5.82 Å². The third kappa shape index (κ3) is 4.77. The number of benzene rings is 1. The van der Waals surface area contributed by atoms with Gasteiger partial charge in [0.2, 0.25) is 0 Å². The fourth-order valence-corrected chi connectivity index (χ4v) is 4.07. The predicted molar refractivity (Wildman–Crippen MR) is 108 cm³/mol. The van der Waals surface area contributed by atoms with Crippen molar-refractivity contribution < 1.29 is 17.5 Å². The first kappa shape index (κ1) is 20.5. The van der Waals surface area contributed by atoms with Crippen LogP contribution in [0.15, 0.2) is 47.5 Å². The first-order chi connectivity index (χ1) is 13.2. The molecule has 2 N–H and O–H groups in total. The van der Waals surface area contributed by atoms with Crippen molar-refractivity contribution in [1.82, 2.24) is 4.98 Å². The summed E-state index contributed by atoms with van der Waals surface area (Å²) < 4.78 is 43.4. The standard InChI is InChI=1S/C21H25FN2O3S/c1-21(27-18-5-3-4-6-18,12-11-15-13-17(22)14-24-20(15)23)16-7-9-19(10-8-16)28(2,25)26/h7-14,18H,3-6H2,1-2H3,(H2,23,24). The SMILES string of the molecule is CC(C=Cc1cc(F)cnc1N)(OC1CCCC1)c1ccc(S(C)(=O)=O)cc1. The summed E-state index contributed by atoms with van der Waals surface area (Å²) in [5.41, 5.74) is 6.31. The number of hydrogen-bond acceptors (Lipinski definition) is 5. The molecule has 28 heavy (non-hydrogen) atoms. The van der Waals surface area contributed by atoms with Gasteiger partial charge in [-0.1, -0.05) is 31.1 Å². The molecule has 150 valence electrons. The molecule has 1 aromatic heterocycles. The Labute approximate surface area is 165 Å². The Morgan fingerprint density at radius 3 is 2.50 bits per heavy atom. The molecule has 1 aromatic carbocycles. The number of nitrogens with two attached hydrogens (primary N) is 1. The normalized spacial score (nSPS) is 17.8. The van der Waals surface area contributed by atoms with E-state index in [0.717, 1.165) is 37.4 Å². The maximum absolute atomic E-state index is 13.5. The second-order valence-corrected chi connectivity index (χ2v) is 9.40. The van der Waals surface area contributed by atoms with Crippen molar-refractivity contribution in [3.8, 4) is 0 Å². The first-order valence-corrected chi connectivity index (χ1v) is 11.2. The zero-order chi connectivity index (χ0) is 20.4. The van der Waals surface area contributed by atoms with Crippen molar-refractivity contribution in [2.75, 3.05) is 12.0 Å². The molecular weight excluding hydrogens is 379 g/mol. The van der Waals surface area contributed by atoms with Crippen LogP contribution < -0.4 is 5.73 Å². The molecule has 3 rings (SSSR count). The highest BCUT2D eigenvalue weighted by Gasteiger charge is 2.30. The number of nitrogens with zero attached hydrogens (tertiary/aromatic N) is 1. The van der Waals surface area contributed by atoms with E-state index in [4.69, 9.17) is 10.5 Å². The molecule has 1 unspecified atom stereocenters. The van der Waals surface area contributed by atoms with Crippen LogP contribution in [0.25, 0.3) is 6.08 Å². The minimum absolute atomic E-state index is 0.118. The predicted octanol–water partition coefficient (Wildman–Crippen LogP) is 4.09. The van der Waals surface area contributed by atoms with Crippen LogP contribution in [-0.4, -0.2) is 25.8 Å². The van der Waals surface area contributed by atoms with E-state index in [9.17, 15) is 12.8 Å². The van der Waals surface area contributed by atoms with Gasteiger partial charge in [0, 0.05) is 11.8 Å². The Kier molecular flexibility index (Phi) is 5.86. The molecule has 2 aromatic rings. The second kappa shape index (κ2) is 8.01. The number of pyridine rings is 1. The Bertz CT molecular complexity index is 968. The molecule has 1 aliphatic carbocycles. The Morgan fingerprint density at radius 1 is 1.25 bits per heavy atom. The monoisotopic (exact) mass is 404 g/mol. The third-order valence-electron chi connectivity index (χ3n) is 5.07. The lowest BCUT2D eigenvalue weighted by Crippen LogP contribution is -2.28. The lowest BCUT2D eigenvalue weighted by molar-refractivity contribution is -0.0523. The number of sulfone groups is 1. The van der Waals surface area contributed by atoms with E-state index < -0.39 is 21.3 Å². The fourth-order valence-electron chi connectivity index (χ4n) is 3.44. The van der Waals surface area contributed by atoms with Crippen LogP contribution in [0.3, 0.4) is 0 Å². The minimum atomic E-state index is -3.28. The van der Waals surface area contributed by atoms with Gasteiger partial charge in [-0.3, -0.25) is 0 Å². The maximum atomic E-state index is 13.5. The van der Waals surface area contributed by atoms with Gasteiger partial charge in [-0.2, -0.15) is 0 Å². The smallest absolute Gasteiger partial charge is 0.175 e. The Morgan fingerprint density at radius 2 is 1.89 bits per heavy atom. The summed E-state index contributed by atoms with van der Waals surface area (Å²) >= 11 is 0.